The Morgan fingerprint density at radius 2 is 2.13 bits per heavy atom. The van der Waals surface area contributed by atoms with Gasteiger partial charge in [0.2, 0.25) is 0 Å². The average Bonchev–Trinajstić information content (AvgIpc) is 2.75. The second-order valence-corrected chi connectivity index (χ2v) is 3.65. The number of nitrogens with one attached hydrogen (secondary N) is 1. The summed E-state index contributed by atoms with van der Waals surface area (Å²) in [5, 5.41) is 3.33. The number of rotatable bonds is 9. The summed E-state index contributed by atoms with van der Waals surface area (Å²) in [6.07, 6.45) is 2.82. The first kappa shape index (κ1) is 12.9. The zero-order valence-electron chi connectivity index (χ0n) is 9.67. The first-order valence-electron chi connectivity index (χ1n) is 5.91. The van der Waals surface area contributed by atoms with Crippen molar-refractivity contribution in [1.29, 1.82) is 0 Å². The SMILES string of the molecule is CCOCCOCCNCC1CCCO1. The first-order valence-corrected chi connectivity index (χ1v) is 5.91. The molecule has 1 saturated heterocycles. The fourth-order valence-electron chi connectivity index (χ4n) is 1.58. The molecule has 0 radical (unpaired) electrons. The van der Waals surface area contributed by atoms with Gasteiger partial charge in [0.25, 0.3) is 0 Å². The van der Waals surface area contributed by atoms with E-state index in [1.807, 2.05) is 6.92 Å². The number of hydrogen-bond donors (Lipinski definition) is 1. The highest BCUT2D eigenvalue weighted by molar-refractivity contribution is 4.66. The smallest absolute Gasteiger partial charge is 0.0701 e. The van der Waals surface area contributed by atoms with Crippen molar-refractivity contribution in [3.8, 4) is 0 Å². The molecule has 0 bridgehead atoms. The fraction of sp³-hybridized carbons (Fsp3) is 1.00. The van der Waals surface area contributed by atoms with Gasteiger partial charge in [-0.2, -0.15) is 0 Å². The highest BCUT2D eigenvalue weighted by atomic mass is 16.5. The van der Waals surface area contributed by atoms with Crippen molar-refractivity contribution in [2.45, 2.75) is 25.9 Å². The van der Waals surface area contributed by atoms with E-state index in [4.69, 9.17) is 14.2 Å². The van der Waals surface area contributed by atoms with E-state index < -0.39 is 0 Å². The standard InChI is InChI=1S/C11H23NO3/c1-2-13-8-9-14-7-5-12-10-11-4-3-6-15-11/h11-12H,2-10H2,1H3. The van der Waals surface area contributed by atoms with Crippen molar-refractivity contribution >= 4 is 0 Å². The van der Waals surface area contributed by atoms with Crippen LogP contribution >= 0.6 is 0 Å². The van der Waals surface area contributed by atoms with Gasteiger partial charge in [0.15, 0.2) is 0 Å². The quantitative estimate of drug-likeness (QED) is 0.580. The Labute approximate surface area is 92.3 Å². The Hall–Kier alpha value is -0.160. The average molecular weight is 217 g/mol. The molecule has 0 spiro atoms. The van der Waals surface area contributed by atoms with Gasteiger partial charge >= 0.3 is 0 Å². The molecule has 90 valence electrons. The molecule has 0 aromatic rings. The van der Waals surface area contributed by atoms with E-state index in [0.717, 1.165) is 32.9 Å². The van der Waals surface area contributed by atoms with E-state index in [9.17, 15) is 0 Å². The summed E-state index contributed by atoms with van der Waals surface area (Å²) in [5.41, 5.74) is 0. The Balaban J connectivity index is 1.73. The van der Waals surface area contributed by atoms with Crippen molar-refractivity contribution in [1.82, 2.24) is 5.32 Å². The Kier molecular flexibility index (Phi) is 7.83. The summed E-state index contributed by atoms with van der Waals surface area (Å²) in [6, 6.07) is 0. The molecule has 1 N–H and O–H groups in total. The highest BCUT2D eigenvalue weighted by Crippen LogP contribution is 2.10. The maximum atomic E-state index is 5.49. The van der Waals surface area contributed by atoms with Crippen LogP contribution in [0.1, 0.15) is 19.8 Å². The highest BCUT2D eigenvalue weighted by Gasteiger charge is 2.13. The third-order valence-electron chi connectivity index (χ3n) is 2.40. The van der Waals surface area contributed by atoms with E-state index in [0.29, 0.717) is 19.3 Å². The van der Waals surface area contributed by atoms with Gasteiger partial charge in [0.1, 0.15) is 0 Å². The molecule has 1 atom stereocenters. The normalized spacial score (nSPS) is 21.0. The van der Waals surface area contributed by atoms with Gasteiger partial charge in [-0.05, 0) is 19.8 Å². The minimum absolute atomic E-state index is 0.424. The molecule has 1 unspecified atom stereocenters. The van der Waals surface area contributed by atoms with Crippen LogP contribution in [0.15, 0.2) is 0 Å². The minimum atomic E-state index is 0.424. The molecule has 4 heteroatoms. The summed E-state index contributed by atoms with van der Waals surface area (Å²) in [6.45, 7) is 7.67. The van der Waals surface area contributed by atoms with Crippen LogP contribution < -0.4 is 5.32 Å². The summed E-state index contributed by atoms with van der Waals surface area (Å²) in [7, 11) is 0. The Morgan fingerprint density at radius 3 is 2.87 bits per heavy atom. The van der Waals surface area contributed by atoms with Gasteiger partial charge in [-0.3, -0.25) is 0 Å². The molecule has 0 aromatic carbocycles. The molecule has 1 rings (SSSR count). The zero-order chi connectivity index (χ0) is 10.8. The van der Waals surface area contributed by atoms with Crippen LogP contribution in [0.5, 0.6) is 0 Å². The van der Waals surface area contributed by atoms with E-state index in [2.05, 4.69) is 5.32 Å². The molecule has 1 fully saturated rings. The van der Waals surface area contributed by atoms with Crippen LogP contribution in [-0.2, 0) is 14.2 Å². The zero-order valence-corrected chi connectivity index (χ0v) is 9.67. The lowest BCUT2D eigenvalue weighted by Gasteiger charge is -2.10. The monoisotopic (exact) mass is 217 g/mol. The first-order chi connectivity index (χ1) is 7.43. The molecule has 0 saturated carbocycles. The predicted octanol–water partition coefficient (Wildman–Crippen LogP) is 0.808. The molecular formula is C11H23NO3. The Morgan fingerprint density at radius 1 is 1.27 bits per heavy atom. The predicted molar refractivity (Wildman–Crippen MR) is 59.2 cm³/mol. The van der Waals surface area contributed by atoms with Gasteiger partial charge in [-0.15, -0.1) is 0 Å². The van der Waals surface area contributed by atoms with Crippen LogP contribution in [-0.4, -0.2) is 52.2 Å². The molecule has 15 heavy (non-hydrogen) atoms. The molecule has 1 aliphatic heterocycles. The lowest BCUT2D eigenvalue weighted by Crippen LogP contribution is -2.29. The second-order valence-electron chi connectivity index (χ2n) is 3.65. The lowest BCUT2D eigenvalue weighted by atomic mass is 10.2. The van der Waals surface area contributed by atoms with Gasteiger partial charge in [0, 0.05) is 26.3 Å². The largest absolute Gasteiger partial charge is 0.379 e. The van der Waals surface area contributed by atoms with Crippen LogP contribution in [0.3, 0.4) is 0 Å². The van der Waals surface area contributed by atoms with Crippen LogP contribution in [0.2, 0.25) is 0 Å². The van der Waals surface area contributed by atoms with E-state index in [1.54, 1.807) is 0 Å². The van der Waals surface area contributed by atoms with Crippen molar-refractivity contribution in [3.05, 3.63) is 0 Å². The maximum absolute atomic E-state index is 5.49. The number of hydrogen-bond acceptors (Lipinski definition) is 4. The van der Waals surface area contributed by atoms with Gasteiger partial charge in [-0.25, -0.2) is 0 Å². The van der Waals surface area contributed by atoms with E-state index in [-0.39, 0.29) is 0 Å². The van der Waals surface area contributed by atoms with Gasteiger partial charge in [0.05, 0.1) is 25.9 Å². The minimum Gasteiger partial charge on any atom is -0.379 e. The molecular weight excluding hydrogens is 194 g/mol. The lowest BCUT2D eigenvalue weighted by molar-refractivity contribution is 0.0521. The van der Waals surface area contributed by atoms with Crippen molar-refractivity contribution in [2.75, 3.05) is 46.1 Å². The van der Waals surface area contributed by atoms with Gasteiger partial charge < -0.3 is 19.5 Å². The third-order valence-corrected chi connectivity index (χ3v) is 2.40. The summed E-state index contributed by atoms with van der Waals surface area (Å²) < 4.78 is 16.0. The molecule has 0 aliphatic carbocycles. The van der Waals surface area contributed by atoms with E-state index >= 15 is 0 Å². The molecule has 1 aliphatic rings. The van der Waals surface area contributed by atoms with Crippen LogP contribution in [0.25, 0.3) is 0 Å². The molecule has 0 aromatic heterocycles. The fourth-order valence-corrected chi connectivity index (χ4v) is 1.58. The second kappa shape index (κ2) is 9.09. The van der Waals surface area contributed by atoms with Crippen LogP contribution in [0, 0.1) is 0 Å². The topological polar surface area (TPSA) is 39.7 Å². The summed E-state index contributed by atoms with van der Waals surface area (Å²) in [4.78, 5) is 0. The van der Waals surface area contributed by atoms with E-state index in [1.165, 1.54) is 12.8 Å². The van der Waals surface area contributed by atoms with Crippen molar-refractivity contribution < 1.29 is 14.2 Å². The number of ether oxygens (including phenoxy) is 3. The summed E-state index contributed by atoms with van der Waals surface area (Å²) in [5.74, 6) is 0. The van der Waals surface area contributed by atoms with Crippen molar-refractivity contribution in [2.24, 2.45) is 0 Å². The van der Waals surface area contributed by atoms with Crippen molar-refractivity contribution in [3.63, 3.8) is 0 Å². The molecule has 4 nitrogen and oxygen atoms in total. The maximum Gasteiger partial charge on any atom is 0.0701 e. The summed E-state index contributed by atoms with van der Waals surface area (Å²) >= 11 is 0. The molecule has 0 amide bonds. The Bertz CT molecular complexity index is 138. The van der Waals surface area contributed by atoms with Gasteiger partial charge in [-0.1, -0.05) is 0 Å². The van der Waals surface area contributed by atoms with Crippen LogP contribution in [0.4, 0.5) is 0 Å². The molecule has 1 heterocycles. The third kappa shape index (κ3) is 6.84.